The number of carbonyl (C=O) groups excluding carboxylic acids is 10. The van der Waals surface area contributed by atoms with E-state index in [-0.39, 0.29) is 63.8 Å². The molecule has 102 heavy (non-hydrogen) atoms. The first-order chi connectivity index (χ1) is 48.3. The van der Waals surface area contributed by atoms with Gasteiger partial charge < -0.3 is 93.2 Å². The van der Waals surface area contributed by atoms with Gasteiger partial charge in [-0.3, -0.25) is 49.1 Å². The van der Waals surface area contributed by atoms with Crippen LogP contribution in [0.5, 0.6) is 5.75 Å². The summed E-state index contributed by atoms with van der Waals surface area (Å²) in [6, 6.07) is 9.06. The lowest BCUT2D eigenvalue weighted by Crippen LogP contribution is -2.69. The number of fused-ring (bicyclic) bond motifs is 6. The lowest BCUT2D eigenvalue weighted by molar-refractivity contribution is -0.225. The smallest absolute Gasteiger partial charge is 0.409 e. The average Bonchev–Trinajstić information content (AvgIpc) is 1.56. The second-order valence-corrected chi connectivity index (χ2v) is 26.3. The van der Waals surface area contributed by atoms with Crippen molar-refractivity contribution in [1.82, 2.24) is 46.5 Å². The number of aliphatic hydroxyl groups excluding tert-OH is 1. The number of epoxide rings is 1. The Morgan fingerprint density at radius 3 is 2.27 bits per heavy atom. The predicted molar refractivity (Wildman–Crippen MR) is 366 cm³/mol. The Morgan fingerprint density at radius 2 is 1.61 bits per heavy atom. The molecule has 562 valence electrons. The van der Waals surface area contributed by atoms with Gasteiger partial charge in [0.25, 0.3) is 0 Å². The van der Waals surface area contributed by atoms with Crippen LogP contribution in [0.15, 0.2) is 66.3 Å². The molecule has 8 N–H and O–H groups in total. The molecule has 0 spiro atoms. The Balaban J connectivity index is 0.954. The van der Waals surface area contributed by atoms with Gasteiger partial charge in [0, 0.05) is 92.1 Å². The molecule has 33 heteroatoms. The van der Waals surface area contributed by atoms with Crippen molar-refractivity contribution in [2.75, 3.05) is 86.9 Å². The Hall–Kier alpha value is -8.31. The fourth-order valence-electron chi connectivity index (χ4n) is 12.6. The number of methoxy groups -OCH3 is 2. The van der Waals surface area contributed by atoms with Gasteiger partial charge in [-0.2, -0.15) is 0 Å². The summed E-state index contributed by atoms with van der Waals surface area (Å²) in [6.45, 7) is 9.63. The van der Waals surface area contributed by atoms with E-state index in [0.717, 1.165) is 48.5 Å². The molecule has 0 saturated carbocycles. The standard InChI is InChI=1S/C69H97ClN10O22/c1-38-17-16-20-53(94-13)69(92)35-51(100-67(91)76-69)39(2)63-68(7,102-63)54(34-58(88)79(11)49-30-44(29-38)31-50(93-12)59(49)70)101-66(90)40(3)78(10)57(87)22-25-95-27-28-96-26-23-72-64(89)47(74-55(85)21-24-80-46(36-77(9)71-8)32-45-18-14-15-19-48(45)80)33-56(86)75-65-60(73-41(4)82)62(98-43(6)84)61(97-42(5)83)52(37-81)99-65/h14-20,30-32,39-40,47,51-54,60-63,65,71,81,92H,21-29,33-37H2,1-13H3,(H,72,89)(H,73,82)(H,74,85)(H,75,86)(H,76,91)/b20-16+,38-17+/t39-,40+,47+,51+,52-,53-,54+,60-,61-,62-,63?,65-,68+,69+/m1/s1. The lowest BCUT2D eigenvalue weighted by atomic mass is 9.83. The first-order valence-electron chi connectivity index (χ1n) is 33.6. The van der Waals surface area contributed by atoms with E-state index < -0.39 is 163 Å². The normalized spacial score (nSPS) is 26.5. The van der Waals surface area contributed by atoms with Crippen LogP contribution in [0.4, 0.5) is 10.5 Å². The van der Waals surface area contributed by atoms with Crippen LogP contribution in [0.2, 0.25) is 5.02 Å². The van der Waals surface area contributed by atoms with Gasteiger partial charge in [-0.25, -0.2) is 14.6 Å². The monoisotopic (exact) mass is 1450 g/mol. The number of anilines is 1. The number of aryl methyl sites for hydroxylation is 1. The largest absolute Gasteiger partial charge is 0.495 e. The minimum absolute atomic E-state index is 0.00633. The lowest BCUT2D eigenvalue weighted by Gasteiger charge is -2.45. The fourth-order valence-corrected chi connectivity index (χ4v) is 12.9. The third-order valence-electron chi connectivity index (χ3n) is 18.3. The van der Waals surface area contributed by atoms with Gasteiger partial charge in [0.2, 0.25) is 35.4 Å². The van der Waals surface area contributed by atoms with Crippen molar-refractivity contribution < 1.29 is 106 Å². The van der Waals surface area contributed by atoms with Crippen molar-refractivity contribution >= 4 is 87.6 Å². The summed E-state index contributed by atoms with van der Waals surface area (Å²) in [6.07, 6.45) is -6.74. The number of hydrogen-bond donors (Lipinski definition) is 8. The summed E-state index contributed by atoms with van der Waals surface area (Å²) in [4.78, 5) is 137. The number of rotatable bonds is 29. The summed E-state index contributed by atoms with van der Waals surface area (Å²) in [5.74, 6) is -6.81. The van der Waals surface area contributed by atoms with Crippen LogP contribution in [-0.4, -0.2) is 245 Å². The number of nitrogens with one attached hydrogen (secondary N) is 6. The number of nitrogens with zero attached hydrogens (tertiary/aromatic N) is 4. The molecule has 3 aromatic rings. The van der Waals surface area contributed by atoms with Crippen LogP contribution in [0.1, 0.15) is 91.8 Å². The van der Waals surface area contributed by atoms with Crippen LogP contribution in [0.25, 0.3) is 10.9 Å². The number of benzene rings is 2. The second kappa shape index (κ2) is 36.7. The number of aliphatic hydroxyl groups is 2. The Labute approximate surface area is 596 Å². The molecule has 3 saturated heterocycles. The number of aromatic nitrogens is 1. The highest BCUT2D eigenvalue weighted by Gasteiger charge is 2.65. The zero-order valence-corrected chi connectivity index (χ0v) is 60.6. The Kier molecular flexibility index (Phi) is 29.2. The third-order valence-corrected chi connectivity index (χ3v) is 18.7. The number of hydrazine groups is 1. The molecule has 7 amide bonds. The third kappa shape index (κ3) is 21.2. The number of halogens is 1. The molecule has 0 aliphatic carbocycles. The molecule has 5 heterocycles. The predicted octanol–water partition coefficient (Wildman–Crippen LogP) is 1.74. The van der Waals surface area contributed by atoms with Crippen molar-refractivity contribution in [2.45, 2.75) is 178 Å². The molecule has 14 atom stereocenters. The van der Waals surface area contributed by atoms with E-state index in [2.05, 4.69) is 32.0 Å². The zero-order valence-electron chi connectivity index (χ0n) is 59.8. The van der Waals surface area contributed by atoms with Crippen molar-refractivity contribution in [2.24, 2.45) is 5.92 Å². The molecule has 4 aliphatic heterocycles. The molecule has 4 aliphatic rings. The molecule has 3 fully saturated rings. The Morgan fingerprint density at radius 1 is 0.912 bits per heavy atom. The van der Waals surface area contributed by atoms with Crippen LogP contribution in [0.3, 0.4) is 0 Å². The van der Waals surface area contributed by atoms with Gasteiger partial charge in [0.1, 0.15) is 58.9 Å². The van der Waals surface area contributed by atoms with E-state index in [1.54, 1.807) is 45.2 Å². The number of likely N-dealkylation sites (N-methyl/N-ethyl adjacent to an activating group) is 1. The summed E-state index contributed by atoms with van der Waals surface area (Å²) < 4.78 is 59.7. The maximum atomic E-state index is 14.5. The van der Waals surface area contributed by atoms with Gasteiger partial charge >= 0.3 is 24.0 Å². The van der Waals surface area contributed by atoms with Crippen molar-refractivity contribution in [3.8, 4) is 5.75 Å². The molecule has 1 unspecified atom stereocenters. The van der Waals surface area contributed by atoms with Gasteiger partial charge in [-0.1, -0.05) is 60.5 Å². The minimum atomic E-state index is -1.92. The van der Waals surface area contributed by atoms with E-state index in [9.17, 15) is 58.2 Å². The second-order valence-electron chi connectivity index (χ2n) is 25.9. The SMILES string of the molecule is CNN(C)Cc1cc2ccccc2n1CCC(=O)N[C@@H](CC(=O)N[C@@H]1O[C@H](CO)[C@@H](OC(C)=O)[C@H](OC(C)=O)[C@H]1NC(C)=O)C(=O)NCCOCCOCCC(=O)N(C)[C@@H](C)C(=O)O[C@H]1CC(=O)N(C)c2cc(cc(OC)c2Cl)C/C(C)=C/C=C/[C@@H](OC)[C@@]2(O)C[C@H](OC(=O)N2)[C@@H](C)C2O[C@]21C. The number of alkyl carbamates (subject to hydrolysis) is 1. The highest BCUT2D eigenvalue weighted by atomic mass is 35.5. The van der Waals surface area contributed by atoms with Crippen LogP contribution in [-0.2, 0) is 105 Å². The first-order valence-corrected chi connectivity index (χ1v) is 33.9. The highest BCUT2D eigenvalue weighted by Crippen LogP contribution is 2.49. The van der Waals surface area contributed by atoms with Gasteiger partial charge in [-0.05, 0) is 69.5 Å². The molecule has 4 bridgehead atoms. The van der Waals surface area contributed by atoms with Crippen LogP contribution in [0, 0.1) is 5.92 Å². The maximum absolute atomic E-state index is 14.5. The van der Waals surface area contributed by atoms with Gasteiger partial charge in [-0.15, -0.1) is 0 Å². The average molecular weight is 1450 g/mol. The molecular formula is C69H97ClN10O22. The number of esters is 3. The first kappa shape index (κ1) is 81.0. The van der Waals surface area contributed by atoms with E-state index in [1.807, 2.05) is 60.0 Å². The molecule has 32 nitrogen and oxygen atoms in total. The van der Waals surface area contributed by atoms with E-state index in [1.165, 1.54) is 45.0 Å². The van der Waals surface area contributed by atoms with E-state index >= 15 is 0 Å². The van der Waals surface area contributed by atoms with Gasteiger partial charge in [0.05, 0.1) is 77.7 Å². The summed E-state index contributed by atoms with van der Waals surface area (Å²) in [7, 11) is 9.42. The number of amides is 7. The van der Waals surface area contributed by atoms with E-state index in [0.29, 0.717) is 24.4 Å². The number of ether oxygens (including phenoxy) is 10. The zero-order chi connectivity index (χ0) is 74.9. The Bertz CT molecular complexity index is 3570. The quantitative estimate of drug-likeness (QED) is 0.0161. The van der Waals surface area contributed by atoms with Crippen LogP contribution >= 0.6 is 11.6 Å². The van der Waals surface area contributed by atoms with Crippen molar-refractivity contribution in [3.05, 3.63) is 82.5 Å². The van der Waals surface area contributed by atoms with Crippen molar-refractivity contribution in [1.29, 1.82) is 0 Å². The number of allylic oxidation sites excluding steroid dienone is 3. The highest BCUT2D eigenvalue weighted by molar-refractivity contribution is 6.35. The van der Waals surface area contributed by atoms with Crippen molar-refractivity contribution in [3.63, 3.8) is 0 Å². The molecular weight excluding hydrogens is 1360 g/mol. The van der Waals surface area contributed by atoms with Crippen LogP contribution < -0.4 is 41.6 Å². The summed E-state index contributed by atoms with van der Waals surface area (Å²) >= 11 is 6.85. The minimum Gasteiger partial charge on any atom is -0.495 e. The molecule has 2 aromatic carbocycles. The topological polar surface area (TPSA) is 394 Å². The number of carbonyl (C=O) groups is 10. The van der Waals surface area contributed by atoms with E-state index in [4.69, 9.17) is 59.0 Å². The number of para-hydroxylation sites is 1. The fraction of sp³-hybridized carbons (Fsp3) is 0.594. The number of hydrogen-bond acceptors (Lipinski definition) is 24. The molecule has 0 radical (unpaired) electrons. The summed E-state index contributed by atoms with van der Waals surface area (Å²) in [5, 5.41) is 38.2. The van der Waals surface area contributed by atoms with Gasteiger partial charge in [0.15, 0.2) is 24.2 Å². The molecule has 7 rings (SSSR count). The summed E-state index contributed by atoms with van der Waals surface area (Å²) in [5.41, 5.74) is 3.48. The molecule has 1 aromatic heterocycles. The maximum Gasteiger partial charge on any atom is 0.409 e.